The van der Waals surface area contributed by atoms with E-state index >= 15 is 0 Å². The van der Waals surface area contributed by atoms with Crippen LogP contribution in [-0.4, -0.2) is 0 Å². The number of halogens is 2. The third-order valence-corrected chi connectivity index (χ3v) is 2.46. The van der Waals surface area contributed by atoms with Gasteiger partial charge in [0.25, 0.3) is 5.43 Å². The molecule has 0 aliphatic rings. The second kappa shape index (κ2) is 2.90. The van der Waals surface area contributed by atoms with E-state index in [1.54, 1.807) is 0 Å². The fourth-order valence-electron chi connectivity index (χ4n) is 1.32. The van der Waals surface area contributed by atoms with Crippen LogP contribution in [0.4, 0.5) is 0 Å². The maximum atomic E-state index is 11.2. The van der Waals surface area contributed by atoms with Gasteiger partial charge in [-0.25, -0.2) is 0 Å². The van der Waals surface area contributed by atoms with Crippen molar-refractivity contribution in [1.29, 1.82) is 0 Å². The van der Waals surface area contributed by atoms with Crippen LogP contribution in [-0.2, 0) is 0 Å². The van der Waals surface area contributed by atoms with Gasteiger partial charge in [-0.15, -0.1) is 0 Å². The summed E-state index contributed by atoms with van der Waals surface area (Å²) < 4.78 is 0. The van der Waals surface area contributed by atoms with Crippen LogP contribution in [0.25, 0.3) is 10.8 Å². The summed E-state index contributed by atoms with van der Waals surface area (Å²) in [5, 5.41) is 0.227. The van der Waals surface area contributed by atoms with Crippen molar-refractivity contribution in [3.05, 3.63) is 52.8 Å². The summed E-state index contributed by atoms with van der Waals surface area (Å²) in [4.78, 5) is 33.5. The number of rotatable bonds is 0. The molecule has 0 amide bonds. The summed E-state index contributed by atoms with van der Waals surface area (Å²) in [7, 11) is 0. The third kappa shape index (κ3) is 1.10. The van der Waals surface area contributed by atoms with E-state index in [1.165, 1.54) is 12.1 Å². The molecule has 2 aromatic carbocycles. The Morgan fingerprint density at radius 1 is 0.857 bits per heavy atom. The van der Waals surface area contributed by atoms with Gasteiger partial charge in [-0.2, -0.15) is 0 Å². The summed E-state index contributed by atoms with van der Waals surface area (Å²) >= 11 is 11.3. The van der Waals surface area contributed by atoms with Crippen molar-refractivity contribution < 1.29 is 0 Å². The van der Waals surface area contributed by atoms with Crippen molar-refractivity contribution in [2.45, 2.75) is 0 Å². The molecule has 2 rings (SSSR count). The Labute approximate surface area is 87.2 Å². The van der Waals surface area contributed by atoms with Crippen LogP contribution in [0.1, 0.15) is 0 Å². The molecule has 3 nitrogen and oxygen atoms in total. The Kier molecular flexibility index (Phi) is 1.94. The van der Waals surface area contributed by atoms with Crippen molar-refractivity contribution in [1.82, 2.24) is 0 Å². The van der Waals surface area contributed by atoms with Crippen LogP contribution in [0.2, 0.25) is 10.0 Å². The quantitative estimate of drug-likeness (QED) is 0.635. The van der Waals surface area contributed by atoms with Crippen LogP contribution < -0.4 is 16.3 Å². The average molecular weight is 229 g/mol. The monoisotopic (exact) mass is 228 g/mol. The van der Waals surface area contributed by atoms with Gasteiger partial charge in [0, 0.05) is 10.4 Å². The lowest BCUT2D eigenvalue weighted by atomic mass is 10.2. The van der Waals surface area contributed by atoms with E-state index in [1.807, 2.05) is 0 Å². The summed E-state index contributed by atoms with van der Waals surface area (Å²) in [5.41, 5.74) is -2.75. The van der Waals surface area contributed by atoms with Gasteiger partial charge in [-0.3, -0.25) is 14.4 Å². The average Bonchev–Trinajstić information content (AvgIpc) is 2.31. The van der Waals surface area contributed by atoms with Gasteiger partial charge in [0.2, 0.25) is 10.9 Å². The standard InChI is InChI=1S/C9H2Cl2O3/c10-3-1-4-6(5(11)2-3)8(13)9(14)7(4)12/h1-2H. The molecule has 0 heterocycles. The van der Waals surface area contributed by atoms with Gasteiger partial charge in [0.05, 0.1) is 10.4 Å². The Bertz CT molecular complexity index is 666. The molecule has 2 aromatic rings. The van der Waals surface area contributed by atoms with E-state index in [0.717, 1.165) is 0 Å². The fraction of sp³-hybridized carbons (Fsp3) is 0. The first-order chi connectivity index (χ1) is 6.52. The molecule has 5 heteroatoms. The normalized spacial score (nSPS) is 11.0. The molecule has 0 bridgehead atoms. The van der Waals surface area contributed by atoms with Gasteiger partial charge in [-0.05, 0) is 12.1 Å². The lowest BCUT2D eigenvalue weighted by molar-refractivity contribution is 1.56. The van der Waals surface area contributed by atoms with Gasteiger partial charge in [0.1, 0.15) is 0 Å². The molecule has 0 aliphatic carbocycles. The number of hydrogen-bond acceptors (Lipinski definition) is 3. The van der Waals surface area contributed by atoms with Crippen LogP contribution in [0.5, 0.6) is 0 Å². The summed E-state index contributed by atoms with van der Waals surface area (Å²) in [6.45, 7) is 0. The topological polar surface area (TPSA) is 51.2 Å². The first-order valence-corrected chi connectivity index (χ1v) is 4.40. The second-order valence-corrected chi connectivity index (χ2v) is 3.64. The molecule has 0 atom stereocenters. The van der Waals surface area contributed by atoms with E-state index in [2.05, 4.69) is 0 Å². The fourth-order valence-corrected chi connectivity index (χ4v) is 1.90. The molecule has 0 aliphatic heterocycles. The molecule has 70 valence electrons. The molecule has 0 spiro atoms. The van der Waals surface area contributed by atoms with Crippen LogP contribution >= 0.6 is 23.2 Å². The minimum absolute atomic E-state index is 0.00231. The molecule has 0 saturated carbocycles. The highest BCUT2D eigenvalue weighted by atomic mass is 35.5. The predicted octanol–water partition coefficient (Wildman–Crippen LogP) is 1.10. The molecule has 0 aromatic heterocycles. The van der Waals surface area contributed by atoms with Gasteiger partial charge >= 0.3 is 0 Å². The summed E-state index contributed by atoms with van der Waals surface area (Å²) in [5.74, 6) is 0. The summed E-state index contributed by atoms with van der Waals surface area (Å²) in [6, 6.07) is 2.60. The van der Waals surface area contributed by atoms with Gasteiger partial charge in [0.15, 0.2) is 0 Å². The van der Waals surface area contributed by atoms with E-state index in [4.69, 9.17) is 23.2 Å². The molecular formula is C9H2Cl2O3. The van der Waals surface area contributed by atoms with Crippen molar-refractivity contribution in [3.63, 3.8) is 0 Å². The molecule has 0 N–H and O–H groups in total. The first-order valence-electron chi connectivity index (χ1n) is 3.65. The molecule has 0 radical (unpaired) electrons. The highest BCUT2D eigenvalue weighted by Crippen LogP contribution is 2.22. The van der Waals surface area contributed by atoms with Gasteiger partial charge < -0.3 is 0 Å². The number of hydrogen-bond donors (Lipinski definition) is 0. The molecule has 0 fully saturated rings. The lowest BCUT2D eigenvalue weighted by Gasteiger charge is -1.92. The molecular weight excluding hydrogens is 227 g/mol. The highest BCUT2D eigenvalue weighted by Gasteiger charge is 2.15. The Morgan fingerprint density at radius 3 is 2.14 bits per heavy atom. The lowest BCUT2D eigenvalue weighted by Crippen LogP contribution is -2.29. The predicted molar refractivity (Wildman–Crippen MR) is 55.2 cm³/mol. The Balaban J connectivity index is 3.27. The van der Waals surface area contributed by atoms with E-state index in [9.17, 15) is 14.4 Å². The minimum Gasteiger partial charge on any atom is -0.285 e. The molecule has 14 heavy (non-hydrogen) atoms. The van der Waals surface area contributed by atoms with E-state index in [0.29, 0.717) is 0 Å². The van der Waals surface area contributed by atoms with E-state index < -0.39 is 16.3 Å². The van der Waals surface area contributed by atoms with Gasteiger partial charge in [-0.1, -0.05) is 23.2 Å². The highest BCUT2D eigenvalue weighted by molar-refractivity contribution is 6.38. The van der Waals surface area contributed by atoms with E-state index in [-0.39, 0.29) is 20.8 Å². The maximum Gasteiger partial charge on any atom is 0.274 e. The van der Waals surface area contributed by atoms with Crippen LogP contribution in [0.15, 0.2) is 26.5 Å². The SMILES string of the molecule is O=c1c(=O)c2cc(Cl)cc(Cl)c2c1=O. The smallest absolute Gasteiger partial charge is 0.274 e. The zero-order valence-corrected chi connectivity index (χ0v) is 8.15. The van der Waals surface area contributed by atoms with Crippen molar-refractivity contribution >= 4 is 34.0 Å². The maximum absolute atomic E-state index is 11.2. The number of fused-ring (bicyclic) bond motifs is 1. The van der Waals surface area contributed by atoms with Crippen molar-refractivity contribution in [2.75, 3.05) is 0 Å². The zero-order valence-electron chi connectivity index (χ0n) is 6.64. The van der Waals surface area contributed by atoms with Crippen molar-refractivity contribution in [2.24, 2.45) is 0 Å². The first kappa shape index (κ1) is 9.37. The summed E-state index contributed by atoms with van der Waals surface area (Å²) in [6.07, 6.45) is 0. The Hall–Kier alpha value is -1.19. The van der Waals surface area contributed by atoms with Crippen LogP contribution in [0, 0.1) is 0 Å². The molecule has 0 unspecified atom stereocenters. The zero-order chi connectivity index (χ0) is 10.5. The third-order valence-electron chi connectivity index (χ3n) is 1.94. The largest absolute Gasteiger partial charge is 0.285 e. The number of benzene rings is 1. The molecule has 0 saturated heterocycles. The Morgan fingerprint density at radius 2 is 1.50 bits per heavy atom. The minimum atomic E-state index is -1.05. The van der Waals surface area contributed by atoms with Crippen molar-refractivity contribution in [3.8, 4) is 0 Å². The second-order valence-electron chi connectivity index (χ2n) is 2.80. The van der Waals surface area contributed by atoms with Crippen LogP contribution in [0.3, 0.4) is 0 Å².